The lowest BCUT2D eigenvalue weighted by Gasteiger charge is -2.43. The average molecular weight is 463 g/mol. The van der Waals surface area contributed by atoms with Gasteiger partial charge in [0.05, 0.1) is 0 Å². The van der Waals surface area contributed by atoms with Crippen molar-refractivity contribution >= 4 is 17.9 Å². The minimum atomic E-state index is -1.13. The number of hydrogen-bond donors (Lipinski definition) is 4. The first-order chi connectivity index (χ1) is 16.0. The molecular formula is C23H34N4O6. The molecule has 1 aliphatic carbocycles. The second kappa shape index (κ2) is 11.1. The van der Waals surface area contributed by atoms with Crippen molar-refractivity contribution in [2.24, 2.45) is 5.92 Å². The Hall–Kier alpha value is -2.43. The largest absolute Gasteiger partial charge is 0.528 e. The van der Waals surface area contributed by atoms with E-state index in [0.29, 0.717) is 18.9 Å². The zero-order valence-corrected chi connectivity index (χ0v) is 18.9. The molecule has 1 unspecified atom stereocenters. The molecule has 0 bridgehead atoms. The Morgan fingerprint density at radius 2 is 2.12 bits per heavy atom. The lowest BCUT2D eigenvalue weighted by Crippen LogP contribution is -2.53. The van der Waals surface area contributed by atoms with Gasteiger partial charge in [0.2, 0.25) is 0 Å². The van der Waals surface area contributed by atoms with E-state index in [2.05, 4.69) is 22.8 Å². The van der Waals surface area contributed by atoms with E-state index in [1.807, 2.05) is 0 Å². The van der Waals surface area contributed by atoms with Crippen molar-refractivity contribution in [2.75, 3.05) is 31.6 Å². The van der Waals surface area contributed by atoms with Crippen molar-refractivity contribution in [2.45, 2.75) is 69.6 Å². The summed E-state index contributed by atoms with van der Waals surface area (Å²) in [5.41, 5.74) is 2.32. The van der Waals surface area contributed by atoms with Crippen LogP contribution in [0.4, 0.5) is 10.6 Å². The Labute approximate surface area is 193 Å². The molecule has 3 heterocycles. The predicted octanol–water partition coefficient (Wildman–Crippen LogP) is 1.72. The maximum Gasteiger partial charge on any atom is 0.528 e. The number of hydrogen-bond acceptors (Lipinski definition) is 9. The number of anilines is 1. The number of aliphatic carboxylic acids is 1. The molecule has 1 saturated carbocycles. The molecule has 0 amide bonds. The van der Waals surface area contributed by atoms with Gasteiger partial charge in [-0.15, -0.1) is 5.06 Å². The van der Waals surface area contributed by atoms with Crippen LogP contribution >= 0.6 is 0 Å². The molecular weight excluding hydrogens is 428 g/mol. The molecule has 1 saturated heterocycles. The first-order valence-electron chi connectivity index (χ1n) is 12.0. The van der Waals surface area contributed by atoms with Crippen molar-refractivity contribution in [1.29, 1.82) is 0 Å². The number of aryl methyl sites for hydroxylation is 2. The van der Waals surface area contributed by atoms with Gasteiger partial charge in [-0.3, -0.25) is 4.79 Å². The van der Waals surface area contributed by atoms with E-state index in [1.165, 1.54) is 10.6 Å². The van der Waals surface area contributed by atoms with Crippen molar-refractivity contribution in [1.82, 2.24) is 15.4 Å². The Morgan fingerprint density at radius 1 is 1.27 bits per heavy atom. The zero-order chi connectivity index (χ0) is 23.2. The van der Waals surface area contributed by atoms with Crippen LogP contribution in [0.2, 0.25) is 0 Å². The van der Waals surface area contributed by atoms with Gasteiger partial charge in [-0.05, 0) is 75.5 Å². The fourth-order valence-electron chi connectivity index (χ4n) is 4.85. The fraction of sp³-hybridized carbons (Fsp3) is 0.696. The molecule has 10 nitrogen and oxygen atoms in total. The van der Waals surface area contributed by atoms with E-state index < -0.39 is 18.2 Å². The van der Waals surface area contributed by atoms with Gasteiger partial charge in [0.25, 0.3) is 0 Å². The van der Waals surface area contributed by atoms with Crippen LogP contribution in [0.1, 0.15) is 49.8 Å². The van der Waals surface area contributed by atoms with Gasteiger partial charge in [0.15, 0.2) is 0 Å². The second-order valence-corrected chi connectivity index (χ2v) is 9.17. The van der Waals surface area contributed by atoms with E-state index in [0.717, 1.165) is 63.1 Å². The van der Waals surface area contributed by atoms with Gasteiger partial charge in [-0.2, -0.15) is 0 Å². The van der Waals surface area contributed by atoms with Gasteiger partial charge >= 0.3 is 12.1 Å². The summed E-state index contributed by atoms with van der Waals surface area (Å²) in [7, 11) is 0. The summed E-state index contributed by atoms with van der Waals surface area (Å²) in [4.78, 5) is 34.3. The maximum atomic E-state index is 12.3. The SMILES string of the molecule is O=C(OC1CCNC1)ON(C1CC(CCc2ccc3c(n2)NCCC3)C1)[C@@H](CCO)C(=O)O. The number of carboxylic acid groups (broad SMARTS) is 1. The lowest BCUT2D eigenvalue weighted by molar-refractivity contribution is -0.215. The minimum absolute atomic E-state index is 0.0270. The van der Waals surface area contributed by atoms with Gasteiger partial charge < -0.3 is 30.4 Å². The smallest absolute Gasteiger partial charge is 0.480 e. The normalized spacial score (nSPS) is 25.0. The molecule has 0 spiro atoms. The molecule has 2 fully saturated rings. The summed E-state index contributed by atoms with van der Waals surface area (Å²) in [6.45, 7) is 1.98. The van der Waals surface area contributed by atoms with Gasteiger partial charge in [-0.1, -0.05) is 6.07 Å². The van der Waals surface area contributed by atoms with Crippen LogP contribution in [0.15, 0.2) is 12.1 Å². The summed E-state index contributed by atoms with van der Waals surface area (Å²) in [5.74, 6) is 0.258. The van der Waals surface area contributed by atoms with Gasteiger partial charge in [0, 0.05) is 31.4 Å². The van der Waals surface area contributed by atoms with Crippen LogP contribution in [0.3, 0.4) is 0 Å². The van der Waals surface area contributed by atoms with Crippen LogP contribution < -0.4 is 10.6 Å². The molecule has 4 rings (SSSR count). The molecule has 3 aliphatic rings. The third-order valence-electron chi connectivity index (χ3n) is 6.78. The molecule has 10 heteroatoms. The molecule has 182 valence electrons. The Balaban J connectivity index is 1.31. The van der Waals surface area contributed by atoms with Crippen LogP contribution in [-0.2, 0) is 27.2 Å². The molecule has 33 heavy (non-hydrogen) atoms. The van der Waals surface area contributed by atoms with Crippen molar-refractivity contribution in [3.05, 3.63) is 23.4 Å². The highest BCUT2D eigenvalue weighted by atomic mass is 16.8. The highest BCUT2D eigenvalue weighted by Gasteiger charge is 2.42. The summed E-state index contributed by atoms with van der Waals surface area (Å²) in [5, 5.41) is 26.7. The molecule has 1 aromatic heterocycles. The lowest BCUT2D eigenvalue weighted by atomic mass is 9.76. The Bertz CT molecular complexity index is 825. The Kier molecular flexibility index (Phi) is 8.00. The van der Waals surface area contributed by atoms with Crippen LogP contribution in [-0.4, -0.2) is 76.8 Å². The summed E-state index contributed by atoms with van der Waals surface area (Å²) < 4.78 is 5.31. The molecule has 0 aromatic carbocycles. The van der Waals surface area contributed by atoms with E-state index in [1.54, 1.807) is 0 Å². The van der Waals surface area contributed by atoms with E-state index in [9.17, 15) is 19.8 Å². The average Bonchev–Trinajstić information content (AvgIpc) is 3.28. The number of aliphatic hydroxyl groups is 1. The zero-order valence-electron chi connectivity index (χ0n) is 18.9. The third kappa shape index (κ3) is 6.13. The maximum absolute atomic E-state index is 12.3. The number of rotatable bonds is 10. The number of carbonyl (C=O) groups is 2. The second-order valence-electron chi connectivity index (χ2n) is 9.17. The van der Waals surface area contributed by atoms with Crippen molar-refractivity contribution < 1.29 is 29.4 Å². The molecule has 0 radical (unpaired) electrons. The van der Waals surface area contributed by atoms with Crippen molar-refractivity contribution in [3.63, 3.8) is 0 Å². The number of carbonyl (C=O) groups excluding carboxylic acids is 1. The summed E-state index contributed by atoms with van der Waals surface area (Å²) in [6.07, 6.45) is 4.94. The number of aromatic nitrogens is 1. The number of carboxylic acids is 1. The van der Waals surface area contributed by atoms with Gasteiger partial charge in [0.1, 0.15) is 18.0 Å². The molecule has 2 aliphatic heterocycles. The summed E-state index contributed by atoms with van der Waals surface area (Å²) in [6, 6.07) is 2.92. The number of aliphatic hydroxyl groups excluding tert-OH is 1. The monoisotopic (exact) mass is 462 g/mol. The molecule has 2 atom stereocenters. The molecule has 1 aromatic rings. The number of ether oxygens (including phenoxy) is 1. The van der Waals surface area contributed by atoms with Gasteiger partial charge in [-0.25, -0.2) is 9.78 Å². The van der Waals surface area contributed by atoms with E-state index >= 15 is 0 Å². The van der Waals surface area contributed by atoms with E-state index in [-0.39, 0.29) is 25.2 Å². The number of nitrogens with zero attached hydrogens (tertiary/aromatic N) is 2. The first-order valence-corrected chi connectivity index (χ1v) is 12.0. The number of fused-ring (bicyclic) bond motifs is 1. The third-order valence-corrected chi connectivity index (χ3v) is 6.78. The molecule has 4 N–H and O–H groups in total. The number of nitrogens with one attached hydrogen (secondary N) is 2. The van der Waals surface area contributed by atoms with E-state index in [4.69, 9.17) is 14.6 Å². The topological polar surface area (TPSA) is 133 Å². The summed E-state index contributed by atoms with van der Waals surface area (Å²) >= 11 is 0. The fourth-order valence-corrected chi connectivity index (χ4v) is 4.85. The standard InChI is InChI=1S/C23H34N4O6/c28-11-8-20(22(29)30)27(33-23(31)32-19-7-10-24-14-19)18-12-15(13-18)3-5-17-6-4-16-2-1-9-25-21(16)26-17/h4,6,15,18-20,24,28H,1-3,5,7-14H2,(H,25,26)(H,29,30)/t15?,18?,19?,20-/m0/s1. The quantitative estimate of drug-likeness (QED) is 0.301. The van der Waals surface area contributed by atoms with Crippen LogP contribution in [0, 0.1) is 5.92 Å². The van der Waals surface area contributed by atoms with Crippen LogP contribution in [0.5, 0.6) is 0 Å². The number of pyridine rings is 1. The highest BCUT2D eigenvalue weighted by Crippen LogP contribution is 2.37. The minimum Gasteiger partial charge on any atom is -0.480 e. The highest BCUT2D eigenvalue weighted by molar-refractivity contribution is 5.73. The van der Waals surface area contributed by atoms with Crippen LogP contribution in [0.25, 0.3) is 0 Å². The predicted molar refractivity (Wildman–Crippen MR) is 120 cm³/mol. The van der Waals surface area contributed by atoms with Crippen molar-refractivity contribution in [3.8, 4) is 0 Å². The first kappa shape index (κ1) is 23.7. The Morgan fingerprint density at radius 3 is 2.85 bits per heavy atom. The number of hydroxylamine groups is 2.